The van der Waals surface area contributed by atoms with Crippen LogP contribution in [0.2, 0.25) is 18.1 Å². The van der Waals surface area contributed by atoms with Crippen LogP contribution in [0, 0.1) is 10.7 Å². The molecule has 0 saturated heterocycles. The topological polar surface area (TPSA) is 66.8 Å². The molecule has 212 valence electrons. The SMILES string of the molecule is CC(C#C[Se]c1cc2c(cc1C(O)CCCCCO[Si](C)(C)C(C)(C)C)C(C)(C)CCC2(C)C)=CC(=O)O. The predicted octanol–water partition coefficient (Wildman–Crippen LogP) is 6.97. The predicted molar refractivity (Wildman–Crippen MR) is 163 cm³/mol. The Balaban J connectivity index is 2.21. The molecule has 0 saturated carbocycles. The Hall–Kier alpha value is -1.35. The van der Waals surface area contributed by atoms with E-state index in [4.69, 9.17) is 9.53 Å². The van der Waals surface area contributed by atoms with Crippen molar-refractivity contribution in [2.45, 2.75) is 129 Å². The van der Waals surface area contributed by atoms with E-state index in [2.05, 4.69) is 84.4 Å². The van der Waals surface area contributed by atoms with Gasteiger partial charge in [-0.1, -0.05) is 0 Å². The summed E-state index contributed by atoms with van der Waals surface area (Å²) in [6.45, 7) is 23.1. The molecular weight excluding hydrogens is 555 g/mol. The van der Waals surface area contributed by atoms with Gasteiger partial charge in [0.2, 0.25) is 0 Å². The van der Waals surface area contributed by atoms with Crippen LogP contribution >= 0.6 is 0 Å². The van der Waals surface area contributed by atoms with E-state index >= 15 is 0 Å². The molecule has 1 aliphatic carbocycles. The van der Waals surface area contributed by atoms with Crippen molar-refractivity contribution in [1.29, 1.82) is 0 Å². The third-order valence-electron chi connectivity index (χ3n) is 8.48. The van der Waals surface area contributed by atoms with E-state index in [1.54, 1.807) is 6.92 Å². The van der Waals surface area contributed by atoms with Gasteiger partial charge in [-0.05, 0) is 0 Å². The van der Waals surface area contributed by atoms with Crippen LogP contribution in [0.4, 0.5) is 0 Å². The van der Waals surface area contributed by atoms with Crippen LogP contribution in [0.25, 0.3) is 0 Å². The summed E-state index contributed by atoms with van der Waals surface area (Å²) >= 11 is -0.187. The van der Waals surface area contributed by atoms with Gasteiger partial charge in [-0.2, -0.15) is 0 Å². The molecule has 4 nitrogen and oxygen atoms in total. The monoisotopic (exact) mass is 606 g/mol. The first kappa shape index (κ1) is 32.9. The molecule has 0 aromatic heterocycles. The van der Waals surface area contributed by atoms with E-state index in [0.717, 1.165) is 61.2 Å². The molecule has 2 rings (SSSR count). The summed E-state index contributed by atoms with van der Waals surface area (Å²) in [6, 6.07) is 4.56. The number of hydrogen-bond donors (Lipinski definition) is 2. The quantitative estimate of drug-likeness (QED) is 0.131. The Labute approximate surface area is 239 Å². The molecule has 1 aromatic rings. The first-order valence-electron chi connectivity index (χ1n) is 14.0. The number of fused-ring (bicyclic) bond motifs is 1. The number of unbranched alkanes of at least 4 members (excludes halogenated alkanes) is 2. The van der Waals surface area contributed by atoms with Gasteiger partial charge in [0.1, 0.15) is 0 Å². The van der Waals surface area contributed by atoms with Gasteiger partial charge < -0.3 is 0 Å². The van der Waals surface area contributed by atoms with Crippen LogP contribution in [0.5, 0.6) is 0 Å². The van der Waals surface area contributed by atoms with E-state index < -0.39 is 20.4 Å². The van der Waals surface area contributed by atoms with Crippen LogP contribution in [0.1, 0.15) is 117 Å². The fourth-order valence-corrected chi connectivity index (χ4v) is 7.45. The molecule has 0 aliphatic heterocycles. The van der Waals surface area contributed by atoms with Gasteiger partial charge >= 0.3 is 240 Å². The Kier molecular flexibility index (Phi) is 11.1. The molecule has 6 heteroatoms. The molecule has 1 aromatic carbocycles. The Morgan fingerprint density at radius 3 is 2.24 bits per heavy atom. The first-order chi connectivity index (χ1) is 17.4. The second kappa shape index (κ2) is 12.9. The van der Waals surface area contributed by atoms with E-state index in [0.29, 0.717) is 5.57 Å². The van der Waals surface area contributed by atoms with Crippen LogP contribution in [-0.4, -0.2) is 46.1 Å². The molecular formula is C32H50O4SeSi. The number of carboxylic acids is 1. The average Bonchev–Trinajstić information content (AvgIpc) is 2.77. The molecule has 0 radical (unpaired) electrons. The summed E-state index contributed by atoms with van der Waals surface area (Å²) in [5, 5.41) is 20.6. The normalized spacial score (nSPS) is 17.8. The maximum atomic E-state index is 11.4. The van der Waals surface area contributed by atoms with Crippen molar-refractivity contribution in [3.05, 3.63) is 40.5 Å². The molecule has 1 atom stereocenters. The van der Waals surface area contributed by atoms with Crippen molar-refractivity contribution in [1.82, 2.24) is 0 Å². The van der Waals surface area contributed by atoms with Crippen LogP contribution in [-0.2, 0) is 20.1 Å². The summed E-state index contributed by atoms with van der Waals surface area (Å²) in [4.78, 5) is 14.2. The van der Waals surface area contributed by atoms with Gasteiger partial charge in [0.15, 0.2) is 0 Å². The van der Waals surface area contributed by atoms with E-state index in [9.17, 15) is 9.90 Å². The molecule has 0 bridgehead atoms. The number of carboxylic acid groups (broad SMARTS) is 1. The van der Waals surface area contributed by atoms with E-state index in [1.807, 2.05) is 0 Å². The van der Waals surface area contributed by atoms with Gasteiger partial charge in [0.25, 0.3) is 0 Å². The minimum atomic E-state index is -1.71. The van der Waals surface area contributed by atoms with Crippen molar-refractivity contribution in [2.75, 3.05) is 6.61 Å². The Morgan fingerprint density at radius 2 is 1.68 bits per heavy atom. The van der Waals surface area contributed by atoms with Gasteiger partial charge in [-0.25, -0.2) is 0 Å². The minimum absolute atomic E-state index is 0.0679. The van der Waals surface area contributed by atoms with Crippen LogP contribution < -0.4 is 4.46 Å². The van der Waals surface area contributed by atoms with Crippen LogP contribution in [0.3, 0.4) is 0 Å². The fraction of sp³-hybridized carbons (Fsp3) is 0.656. The molecule has 0 fully saturated rings. The average molecular weight is 606 g/mol. The molecule has 0 heterocycles. The number of carbonyl (C=O) groups is 1. The molecule has 2 N–H and O–H groups in total. The zero-order valence-electron chi connectivity index (χ0n) is 25.4. The zero-order chi connectivity index (χ0) is 28.9. The summed E-state index contributed by atoms with van der Waals surface area (Å²) in [5.41, 5.74) is 4.40. The summed E-state index contributed by atoms with van der Waals surface area (Å²) < 4.78 is 7.44. The maximum absolute atomic E-state index is 11.4. The fourth-order valence-electron chi connectivity index (χ4n) is 4.66. The van der Waals surface area contributed by atoms with Crippen molar-refractivity contribution < 1.29 is 19.4 Å². The molecule has 0 amide bonds. The first-order valence-corrected chi connectivity index (χ1v) is 18.6. The summed E-state index contributed by atoms with van der Waals surface area (Å²) in [7, 11) is -1.71. The number of benzene rings is 1. The second-order valence-corrected chi connectivity index (χ2v) is 20.3. The Morgan fingerprint density at radius 1 is 1.11 bits per heavy atom. The van der Waals surface area contributed by atoms with Gasteiger partial charge in [-0.3, -0.25) is 0 Å². The molecule has 1 unspecified atom stereocenters. The van der Waals surface area contributed by atoms with E-state index in [-0.39, 0.29) is 30.8 Å². The zero-order valence-corrected chi connectivity index (χ0v) is 28.1. The van der Waals surface area contributed by atoms with Gasteiger partial charge in [0.05, 0.1) is 0 Å². The number of rotatable bonds is 10. The third-order valence-corrected chi connectivity index (χ3v) is 14.7. The second-order valence-electron chi connectivity index (χ2n) is 13.7. The van der Waals surface area contributed by atoms with E-state index in [1.165, 1.54) is 11.1 Å². The van der Waals surface area contributed by atoms with Crippen molar-refractivity contribution in [3.8, 4) is 10.7 Å². The third kappa shape index (κ3) is 8.83. The number of aliphatic carboxylic acids is 1. The molecule has 1 aliphatic rings. The van der Waals surface area contributed by atoms with Crippen molar-refractivity contribution >= 4 is 33.7 Å². The van der Waals surface area contributed by atoms with Crippen molar-refractivity contribution in [2.24, 2.45) is 0 Å². The van der Waals surface area contributed by atoms with Crippen molar-refractivity contribution in [3.63, 3.8) is 0 Å². The Bertz CT molecular complexity index is 1080. The van der Waals surface area contributed by atoms with Crippen LogP contribution in [0.15, 0.2) is 23.8 Å². The van der Waals surface area contributed by atoms with Gasteiger partial charge in [-0.15, -0.1) is 0 Å². The molecule has 0 spiro atoms. The van der Waals surface area contributed by atoms with Gasteiger partial charge in [0, 0.05) is 0 Å². The summed E-state index contributed by atoms with van der Waals surface area (Å²) in [5.74, 6) is 2.02. The number of allylic oxidation sites excluding steroid dienone is 1. The number of hydrogen-bond acceptors (Lipinski definition) is 3. The number of aliphatic hydroxyl groups excluding tert-OH is 1. The number of aliphatic hydroxyl groups is 1. The standard InChI is InChI=1S/C32H50O4SeSi/c1-23(20-29(34)35)15-19-37-28-22-26-25(31(5,6)16-17-32(26,7)8)21-24(28)27(33)14-12-11-13-18-36-38(9,10)30(2,3)4/h20-22,27,33H,11-14,16-18H2,1-10H3,(H,34,35). The summed E-state index contributed by atoms with van der Waals surface area (Å²) in [6.07, 6.45) is 6.59. The molecule has 38 heavy (non-hydrogen) atoms.